The van der Waals surface area contributed by atoms with Crippen LogP contribution in [-0.4, -0.2) is 15.2 Å². The van der Waals surface area contributed by atoms with Crippen LogP contribution in [-0.2, 0) is 0 Å². The zero-order chi connectivity index (χ0) is 13.1. The number of hydrogen-bond acceptors (Lipinski definition) is 1. The van der Waals surface area contributed by atoms with Crippen molar-refractivity contribution in [3.05, 3.63) is 41.1 Å². The number of nitrogens with zero attached hydrogens (tertiary/aromatic N) is 1. The molecule has 0 radical (unpaired) electrons. The first-order valence-corrected chi connectivity index (χ1v) is 6.51. The third-order valence-electron chi connectivity index (χ3n) is 4.27. The lowest BCUT2D eigenvalue weighted by Crippen LogP contribution is -1.87. The SMILES string of the molecule is Cc1cc2c(nc3c2ccc2c[nH][nH]c23)c(C)c1C. The fourth-order valence-electron chi connectivity index (χ4n) is 2.91. The van der Waals surface area contributed by atoms with E-state index in [2.05, 4.69) is 49.2 Å². The van der Waals surface area contributed by atoms with Gasteiger partial charge >= 0.3 is 0 Å². The van der Waals surface area contributed by atoms with Gasteiger partial charge in [-0.15, -0.1) is 0 Å². The summed E-state index contributed by atoms with van der Waals surface area (Å²) in [5, 5.41) is 9.88. The van der Waals surface area contributed by atoms with Gasteiger partial charge in [0.25, 0.3) is 0 Å². The van der Waals surface area contributed by atoms with Crippen LogP contribution in [0.1, 0.15) is 16.7 Å². The molecular weight excluding hydrogens is 234 g/mol. The number of nitrogens with one attached hydrogen (secondary N) is 2. The minimum atomic E-state index is 1.06. The number of rotatable bonds is 0. The van der Waals surface area contributed by atoms with Gasteiger partial charge < -0.3 is 5.10 Å². The molecule has 0 bridgehead atoms. The molecule has 0 amide bonds. The van der Waals surface area contributed by atoms with Crippen LogP contribution in [0.2, 0.25) is 0 Å². The molecule has 2 N–H and O–H groups in total. The molecule has 0 aliphatic carbocycles. The summed E-state index contributed by atoms with van der Waals surface area (Å²) in [6.45, 7) is 6.50. The van der Waals surface area contributed by atoms with Crippen LogP contribution in [0.3, 0.4) is 0 Å². The average Bonchev–Trinajstić information content (AvgIpc) is 2.99. The summed E-state index contributed by atoms with van der Waals surface area (Å²) in [5.41, 5.74) is 7.22. The smallest absolute Gasteiger partial charge is 0.0972 e. The summed E-state index contributed by atoms with van der Waals surface area (Å²) in [7, 11) is 0. The van der Waals surface area contributed by atoms with Gasteiger partial charge in [-0.2, -0.15) is 0 Å². The van der Waals surface area contributed by atoms with E-state index in [9.17, 15) is 0 Å². The molecule has 2 aromatic heterocycles. The Morgan fingerprint density at radius 1 is 0.947 bits per heavy atom. The van der Waals surface area contributed by atoms with Crippen LogP contribution in [0.5, 0.6) is 0 Å². The molecule has 0 aliphatic rings. The van der Waals surface area contributed by atoms with Crippen LogP contribution in [0.4, 0.5) is 0 Å². The first kappa shape index (κ1) is 10.6. The van der Waals surface area contributed by atoms with Crippen LogP contribution in [0.15, 0.2) is 24.4 Å². The minimum Gasteiger partial charge on any atom is -0.307 e. The van der Waals surface area contributed by atoms with Crippen molar-refractivity contribution in [3.8, 4) is 0 Å². The molecular formula is C16H15N3. The minimum absolute atomic E-state index is 1.06. The summed E-state index contributed by atoms with van der Waals surface area (Å²) >= 11 is 0. The third kappa shape index (κ3) is 1.24. The lowest BCUT2D eigenvalue weighted by atomic mass is 10.00. The highest BCUT2D eigenvalue weighted by Gasteiger charge is 2.13. The second-order valence-corrected chi connectivity index (χ2v) is 5.29. The normalized spacial score (nSPS) is 11.9. The molecule has 0 atom stereocenters. The molecule has 0 saturated carbocycles. The van der Waals surface area contributed by atoms with Crippen molar-refractivity contribution in [2.45, 2.75) is 20.8 Å². The van der Waals surface area contributed by atoms with Crippen molar-refractivity contribution in [2.24, 2.45) is 0 Å². The molecule has 3 heteroatoms. The Bertz CT molecular complexity index is 941. The van der Waals surface area contributed by atoms with Gasteiger partial charge in [-0.25, -0.2) is 4.98 Å². The first-order chi connectivity index (χ1) is 9.16. The molecule has 3 nitrogen and oxygen atoms in total. The van der Waals surface area contributed by atoms with E-state index in [0.717, 1.165) is 16.6 Å². The van der Waals surface area contributed by atoms with Gasteiger partial charge in [0.05, 0.1) is 16.6 Å². The molecule has 94 valence electrons. The molecule has 2 aromatic carbocycles. The highest BCUT2D eigenvalue weighted by molar-refractivity contribution is 6.16. The Morgan fingerprint density at radius 2 is 1.79 bits per heavy atom. The Kier molecular flexibility index (Phi) is 1.89. The standard InChI is InChI=1S/C16H15N3/c1-8-6-13-12-5-4-11-7-17-19-15(11)16(12)18-14(13)10(3)9(8)2/h4-7,17,19H,1-3H3. The summed E-state index contributed by atoms with van der Waals surface area (Å²) < 4.78 is 0. The molecule has 4 rings (SSSR count). The van der Waals surface area contributed by atoms with Gasteiger partial charge in [0.1, 0.15) is 0 Å². The highest BCUT2D eigenvalue weighted by atomic mass is 15.1. The fraction of sp³-hybridized carbons (Fsp3) is 0.188. The average molecular weight is 249 g/mol. The third-order valence-corrected chi connectivity index (χ3v) is 4.27. The van der Waals surface area contributed by atoms with Crippen molar-refractivity contribution in [1.29, 1.82) is 0 Å². The Labute approximate surface area is 110 Å². The van der Waals surface area contributed by atoms with Crippen molar-refractivity contribution in [1.82, 2.24) is 15.2 Å². The predicted molar refractivity (Wildman–Crippen MR) is 79.7 cm³/mol. The Morgan fingerprint density at radius 3 is 2.63 bits per heavy atom. The summed E-state index contributed by atoms with van der Waals surface area (Å²) in [6, 6.07) is 6.56. The molecule has 0 spiro atoms. The Balaban J connectivity index is 2.32. The van der Waals surface area contributed by atoms with Gasteiger partial charge in [0.15, 0.2) is 0 Å². The molecule has 19 heavy (non-hydrogen) atoms. The van der Waals surface area contributed by atoms with Gasteiger partial charge in [-0.3, -0.25) is 5.10 Å². The molecule has 0 aliphatic heterocycles. The Hall–Kier alpha value is -2.29. The molecule has 2 heterocycles. The topological polar surface area (TPSA) is 44.5 Å². The van der Waals surface area contributed by atoms with Gasteiger partial charge in [-0.05, 0) is 43.5 Å². The lowest BCUT2D eigenvalue weighted by molar-refractivity contribution is 1.12. The van der Waals surface area contributed by atoms with Crippen molar-refractivity contribution in [2.75, 3.05) is 0 Å². The van der Waals surface area contributed by atoms with E-state index in [-0.39, 0.29) is 0 Å². The number of H-pyrrole nitrogens is 2. The zero-order valence-corrected chi connectivity index (χ0v) is 11.3. The van der Waals surface area contributed by atoms with Crippen LogP contribution in [0.25, 0.3) is 32.7 Å². The predicted octanol–water partition coefficient (Wildman–Crippen LogP) is 4.12. The summed E-state index contributed by atoms with van der Waals surface area (Å²) in [4.78, 5) is 4.87. The first-order valence-electron chi connectivity index (χ1n) is 6.51. The number of aryl methyl sites for hydroxylation is 2. The van der Waals surface area contributed by atoms with Gasteiger partial charge in [0, 0.05) is 22.4 Å². The highest BCUT2D eigenvalue weighted by Crippen LogP contribution is 2.33. The maximum atomic E-state index is 4.87. The quantitative estimate of drug-likeness (QED) is 0.483. The van der Waals surface area contributed by atoms with Gasteiger partial charge in [-0.1, -0.05) is 12.1 Å². The van der Waals surface area contributed by atoms with Crippen LogP contribution < -0.4 is 0 Å². The molecule has 0 unspecified atom stereocenters. The van der Waals surface area contributed by atoms with E-state index in [0.29, 0.717) is 0 Å². The van der Waals surface area contributed by atoms with Crippen molar-refractivity contribution in [3.63, 3.8) is 0 Å². The van der Waals surface area contributed by atoms with E-state index in [1.54, 1.807) is 0 Å². The maximum absolute atomic E-state index is 4.87. The van der Waals surface area contributed by atoms with Gasteiger partial charge in [0.2, 0.25) is 0 Å². The molecule has 4 aromatic rings. The molecule has 0 saturated heterocycles. The van der Waals surface area contributed by atoms with E-state index >= 15 is 0 Å². The summed E-state index contributed by atoms with van der Waals surface area (Å²) in [6.07, 6.45) is 1.97. The number of hydrogen-bond donors (Lipinski definition) is 2. The lowest BCUT2D eigenvalue weighted by Gasteiger charge is -2.05. The monoisotopic (exact) mass is 249 g/mol. The second kappa shape index (κ2) is 3.38. The van der Waals surface area contributed by atoms with E-state index in [4.69, 9.17) is 4.98 Å². The second-order valence-electron chi connectivity index (χ2n) is 5.29. The number of benzene rings is 2. The number of aromatic nitrogens is 3. The summed E-state index contributed by atoms with van der Waals surface area (Å²) in [5.74, 6) is 0. The van der Waals surface area contributed by atoms with Crippen molar-refractivity contribution >= 4 is 32.7 Å². The van der Waals surface area contributed by atoms with E-state index in [1.807, 2.05) is 6.20 Å². The van der Waals surface area contributed by atoms with E-state index < -0.39 is 0 Å². The van der Waals surface area contributed by atoms with E-state index in [1.165, 1.54) is 32.8 Å². The zero-order valence-electron chi connectivity index (χ0n) is 11.3. The fourth-order valence-corrected chi connectivity index (χ4v) is 2.91. The number of fused-ring (bicyclic) bond motifs is 5. The molecule has 0 fully saturated rings. The van der Waals surface area contributed by atoms with Crippen molar-refractivity contribution < 1.29 is 0 Å². The number of aromatic amines is 2. The van der Waals surface area contributed by atoms with Crippen LogP contribution >= 0.6 is 0 Å². The van der Waals surface area contributed by atoms with Crippen LogP contribution in [0, 0.1) is 20.8 Å². The largest absolute Gasteiger partial charge is 0.307 e. The maximum Gasteiger partial charge on any atom is 0.0972 e.